The highest BCUT2D eigenvalue weighted by Gasteiger charge is 2.01. The van der Waals surface area contributed by atoms with Gasteiger partial charge in [0, 0.05) is 29.9 Å². The lowest BCUT2D eigenvalue weighted by Crippen LogP contribution is -2.17. The summed E-state index contributed by atoms with van der Waals surface area (Å²) in [5.41, 5.74) is 0.997. The second-order valence-electron chi connectivity index (χ2n) is 3.97. The zero-order valence-electron chi connectivity index (χ0n) is 10.6. The second-order valence-corrected chi connectivity index (χ2v) is 5.17. The van der Waals surface area contributed by atoms with Crippen molar-refractivity contribution >= 4 is 17.0 Å². The lowest BCUT2D eigenvalue weighted by Gasteiger charge is -2.07. The lowest BCUT2D eigenvalue weighted by atomic mass is 10.4. The number of hydrogen-bond donors (Lipinski definition) is 1. The fraction of sp³-hybridized carbons (Fsp3) is 0.385. The maximum absolute atomic E-state index is 11.4. The average Bonchev–Trinajstić information content (AvgIpc) is 2.86. The van der Waals surface area contributed by atoms with E-state index in [0.717, 1.165) is 23.7 Å². The van der Waals surface area contributed by atoms with Crippen molar-refractivity contribution in [2.45, 2.75) is 33.4 Å². The number of nitrogens with one attached hydrogen (secondary N) is 1. The standard InChI is InChI=1S/C13H17N3OS/c1-3-12-15-8-11(18-12)7-14-10-5-6-13(17)16(4-2)9-10/h5-6,8-9,14H,3-4,7H2,1-2H3. The zero-order chi connectivity index (χ0) is 13.0. The van der Waals surface area contributed by atoms with Crippen LogP contribution in [-0.4, -0.2) is 9.55 Å². The van der Waals surface area contributed by atoms with Crippen LogP contribution in [0.15, 0.2) is 29.3 Å². The molecule has 5 heteroatoms. The minimum atomic E-state index is 0.0362. The molecule has 0 unspecified atom stereocenters. The van der Waals surface area contributed by atoms with Crippen molar-refractivity contribution in [3.63, 3.8) is 0 Å². The van der Waals surface area contributed by atoms with E-state index in [2.05, 4.69) is 17.2 Å². The Labute approximate surface area is 110 Å². The third-order valence-corrected chi connectivity index (χ3v) is 3.84. The van der Waals surface area contributed by atoms with Gasteiger partial charge in [-0.3, -0.25) is 4.79 Å². The van der Waals surface area contributed by atoms with Crippen LogP contribution >= 0.6 is 11.3 Å². The number of pyridine rings is 1. The number of rotatable bonds is 5. The largest absolute Gasteiger partial charge is 0.379 e. The van der Waals surface area contributed by atoms with E-state index in [9.17, 15) is 4.79 Å². The molecule has 2 rings (SSSR count). The van der Waals surface area contributed by atoms with E-state index in [-0.39, 0.29) is 5.56 Å². The minimum absolute atomic E-state index is 0.0362. The number of hydrogen-bond acceptors (Lipinski definition) is 4. The molecule has 0 aliphatic carbocycles. The van der Waals surface area contributed by atoms with Crippen molar-refractivity contribution in [3.05, 3.63) is 44.8 Å². The third kappa shape index (κ3) is 2.98. The zero-order valence-corrected chi connectivity index (χ0v) is 11.5. The highest BCUT2D eigenvalue weighted by molar-refractivity contribution is 7.11. The van der Waals surface area contributed by atoms with Gasteiger partial charge in [-0.25, -0.2) is 4.98 Å². The first-order valence-electron chi connectivity index (χ1n) is 6.11. The normalized spacial score (nSPS) is 10.6. The van der Waals surface area contributed by atoms with Gasteiger partial charge in [0.1, 0.15) is 0 Å². The topological polar surface area (TPSA) is 46.9 Å². The minimum Gasteiger partial charge on any atom is -0.379 e. The molecule has 0 amide bonds. The van der Waals surface area contributed by atoms with Crippen molar-refractivity contribution in [2.24, 2.45) is 0 Å². The summed E-state index contributed by atoms with van der Waals surface area (Å²) in [6.07, 6.45) is 4.74. The molecule has 0 bridgehead atoms. The Morgan fingerprint density at radius 3 is 2.89 bits per heavy atom. The summed E-state index contributed by atoms with van der Waals surface area (Å²) in [6, 6.07) is 3.41. The maximum atomic E-state index is 11.4. The third-order valence-electron chi connectivity index (χ3n) is 2.69. The number of nitrogens with zero attached hydrogens (tertiary/aromatic N) is 2. The molecule has 0 radical (unpaired) electrons. The fourth-order valence-corrected chi connectivity index (χ4v) is 2.47. The Hall–Kier alpha value is -1.62. The van der Waals surface area contributed by atoms with E-state index in [1.807, 2.05) is 25.4 Å². The molecule has 0 fully saturated rings. The van der Waals surface area contributed by atoms with Crippen LogP contribution in [0.4, 0.5) is 5.69 Å². The molecule has 2 aromatic heterocycles. The van der Waals surface area contributed by atoms with Gasteiger partial charge >= 0.3 is 0 Å². The van der Waals surface area contributed by atoms with Crippen molar-refractivity contribution in [1.82, 2.24) is 9.55 Å². The van der Waals surface area contributed by atoms with Crippen molar-refractivity contribution in [3.8, 4) is 0 Å². The van der Waals surface area contributed by atoms with Gasteiger partial charge in [-0.15, -0.1) is 11.3 Å². The first kappa shape index (κ1) is 12.8. The smallest absolute Gasteiger partial charge is 0.250 e. The summed E-state index contributed by atoms with van der Waals surface area (Å²) < 4.78 is 1.69. The van der Waals surface area contributed by atoms with E-state index in [4.69, 9.17) is 0 Å². The predicted molar refractivity (Wildman–Crippen MR) is 75.2 cm³/mol. The van der Waals surface area contributed by atoms with Crippen LogP contribution in [0.3, 0.4) is 0 Å². The van der Waals surface area contributed by atoms with Crippen molar-refractivity contribution in [1.29, 1.82) is 0 Å². The van der Waals surface area contributed by atoms with Crippen LogP contribution in [0, 0.1) is 0 Å². The number of aryl methyl sites for hydroxylation is 2. The highest BCUT2D eigenvalue weighted by Crippen LogP contribution is 2.15. The summed E-state index contributed by atoms with van der Waals surface area (Å²) in [7, 11) is 0. The Balaban J connectivity index is 2.03. The molecular weight excluding hydrogens is 246 g/mol. The quantitative estimate of drug-likeness (QED) is 0.901. The summed E-state index contributed by atoms with van der Waals surface area (Å²) in [5, 5.41) is 4.47. The van der Waals surface area contributed by atoms with Crippen LogP contribution in [0.5, 0.6) is 0 Å². The van der Waals surface area contributed by atoms with Crippen LogP contribution in [0.1, 0.15) is 23.7 Å². The summed E-state index contributed by atoms with van der Waals surface area (Å²) in [5.74, 6) is 0. The number of anilines is 1. The Kier molecular flexibility index (Phi) is 4.15. The van der Waals surface area contributed by atoms with Crippen molar-refractivity contribution < 1.29 is 0 Å². The molecule has 96 valence electrons. The highest BCUT2D eigenvalue weighted by atomic mass is 32.1. The number of thiazole rings is 1. The molecule has 0 atom stereocenters. The molecule has 0 aliphatic rings. The van der Waals surface area contributed by atoms with Crippen LogP contribution < -0.4 is 10.9 Å². The monoisotopic (exact) mass is 263 g/mol. The number of aromatic nitrogens is 2. The van der Waals surface area contributed by atoms with E-state index >= 15 is 0 Å². The van der Waals surface area contributed by atoms with Gasteiger partial charge in [-0.05, 0) is 19.4 Å². The van der Waals surface area contributed by atoms with Crippen LogP contribution in [0.2, 0.25) is 0 Å². The van der Waals surface area contributed by atoms with Gasteiger partial charge < -0.3 is 9.88 Å². The first-order valence-corrected chi connectivity index (χ1v) is 6.92. The summed E-state index contributed by atoms with van der Waals surface area (Å²) >= 11 is 1.72. The molecule has 1 N–H and O–H groups in total. The van der Waals surface area contributed by atoms with Gasteiger partial charge in [0.15, 0.2) is 0 Å². The molecule has 0 spiro atoms. The van der Waals surface area contributed by atoms with Gasteiger partial charge in [0.2, 0.25) is 0 Å². The maximum Gasteiger partial charge on any atom is 0.250 e. The summed E-state index contributed by atoms with van der Waals surface area (Å²) in [4.78, 5) is 17.0. The van der Waals surface area contributed by atoms with Crippen LogP contribution in [-0.2, 0) is 19.5 Å². The molecule has 0 aliphatic heterocycles. The fourth-order valence-electron chi connectivity index (χ4n) is 1.67. The van der Waals surface area contributed by atoms with Crippen LogP contribution in [0.25, 0.3) is 0 Å². The molecular formula is C13H17N3OS. The van der Waals surface area contributed by atoms with E-state index in [1.54, 1.807) is 22.0 Å². The van der Waals surface area contributed by atoms with Gasteiger partial charge in [0.25, 0.3) is 5.56 Å². The Bertz CT molecular complexity index is 574. The van der Waals surface area contributed by atoms with E-state index in [0.29, 0.717) is 6.54 Å². The van der Waals surface area contributed by atoms with E-state index < -0.39 is 0 Å². The second kappa shape index (κ2) is 5.82. The predicted octanol–water partition coefficient (Wildman–Crippen LogP) is 2.50. The molecule has 18 heavy (non-hydrogen) atoms. The molecule has 0 saturated heterocycles. The molecule has 4 nitrogen and oxygen atoms in total. The first-order chi connectivity index (χ1) is 8.72. The SMILES string of the molecule is CCc1ncc(CNc2ccc(=O)n(CC)c2)s1. The van der Waals surface area contributed by atoms with Gasteiger partial charge in [-0.2, -0.15) is 0 Å². The lowest BCUT2D eigenvalue weighted by molar-refractivity contribution is 0.728. The Morgan fingerprint density at radius 1 is 1.39 bits per heavy atom. The van der Waals surface area contributed by atoms with E-state index in [1.165, 1.54) is 4.88 Å². The van der Waals surface area contributed by atoms with Gasteiger partial charge in [0.05, 0.1) is 17.2 Å². The summed E-state index contributed by atoms with van der Waals surface area (Å²) in [6.45, 7) is 5.50. The molecule has 2 heterocycles. The molecule has 2 aromatic rings. The molecule has 0 aromatic carbocycles. The van der Waals surface area contributed by atoms with Crippen molar-refractivity contribution in [2.75, 3.05) is 5.32 Å². The van der Waals surface area contributed by atoms with Gasteiger partial charge in [-0.1, -0.05) is 6.92 Å². The molecule has 0 saturated carbocycles. The average molecular weight is 263 g/mol. The Morgan fingerprint density at radius 2 is 2.22 bits per heavy atom.